The smallest absolute Gasteiger partial charge is 0.226 e. The zero-order valence-corrected chi connectivity index (χ0v) is 14.0. The van der Waals surface area contributed by atoms with Gasteiger partial charge in [-0.3, -0.25) is 4.79 Å². The van der Waals surface area contributed by atoms with Crippen LogP contribution in [0.3, 0.4) is 0 Å². The summed E-state index contributed by atoms with van der Waals surface area (Å²) in [5.74, 6) is 1.60. The third-order valence-corrected chi connectivity index (χ3v) is 5.83. The van der Waals surface area contributed by atoms with Gasteiger partial charge in [0.2, 0.25) is 11.0 Å². The Hall–Kier alpha value is -1.64. The first kappa shape index (κ1) is 15.3. The van der Waals surface area contributed by atoms with Crippen molar-refractivity contribution in [1.29, 1.82) is 0 Å². The molecule has 0 fully saturated rings. The second-order valence-corrected chi connectivity index (χ2v) is 7.60. The van der Waals surface area contributed by atoms with Gasteiger partial charge in [-0.25, -0.2) is 0 Å². The zero-order valence-electron chi connectivity index (χ0n) is 11.5. The van der Waals surface area contributed by atoms with Gasteiger partial charge in [-0.05, 0) is 23.6 Å². The van der Waals surface area contributed by atoms with Crippen molar-refractivity contribution < 1.29 is 9.21 Å². The number of thioether (sulfide) groups is 1. The normalized spacial score (nSPS) is 10.7. The molecule has 0 saturated heterocycles. The summed E-state index contributed by atoms with van der Waals surface area (Å²) >= 11 is 4.74. The van der Waals surface area contributed by atoms with Crippen LogP contribution in [0.25, 0.3) is 0 Å². The van der Waals surface area contributed by atoms with Gasteiger partial charge in [0.15, 0.2) is 4.34 Å². The van der Waals surface area contributed by atoms with Crippen molar-refractivity contribution in [3.63, 3.8) is 0 Å². The van der Waals surface area contributed by atoms with Crippen molar-refractivity contribution in [2.75, 3.05) is 5.32 Å². The van der Waals surface area contributed by atoms with E-state index in [4.69, 9.17) is 4.42 Å². The molecule has 3 aromatic heterocycles. The van der Waals surface area contributed by atoms with Gasteiger partial charge in [-0.1, -0.05) is 29.2 Å². The number of carbonyl (C=O) groups excluding carboxylic acids is 1. The first-order valence-corrected chi connectivity index (χ1v) is 9.29. The standard InChI is InChI=1S/C14H13N3O2S3/c18-12(6-5-10-3-1-7-19-10)15-13-16-17-14(22-13)21-9-11-4-2-8-20-11/h1-4,7-8H,5-6,9H2,(H,15,16,18). The number of furan rings is 1. The van der Waals surface area contributed by atoms with E-state index in [9.17, 15) is 4.79 Å². The van der Waals surface area contributed by atoms with Crippen LogP contribution in [-0.4, -0.2) is 16.1 Å². The molecule has 0 saturated carbocycles. The Morgan fingerprint density at radius 1 is 1.32 bits per heavy atom. The van der Waals surface area contributed by atoms with Gasteiger partial charge in [-0.15, -0.1) is 21.5 Å². The molecule has 0 bridgehead atoms. The van der Waals surface area contributed by atoms with Crippen LogP contribution in [0.2, 0.25) is 0 Å². The molecule has 5 nitrogen and oxygen atoms in total. The summed E-state index contributed by atoms with van der Waals surface area (Å²) in [6.07, 6.45) is 2.55. The number of nitrogens with zero attached hydrogens (tertiary/aromatic N) is 2. The molecule has 3 aromatic rings. The Balaban J connectivity index is 1.45. The predicted octanol–water partition coefficient (Wildman–Crippen LogP) is 4.06. The topological polar surface area (TPSA) is 68.0 Å². The fraction of sp³-hybridized carbons (Fsp3) is 0.214. The van der Waals surface area contributed by atoms with Crippen LogP contribution in [-0.2, 0) is 17.0 Å². The van der Waals surface area contributed by atoms with Crippen molar-refractivity contribution in [2.24, 2.45) is 0 Å². The lowest BCUT2D eigenvalue weighted by molar-refractivity contribution is -0.116. The SMILES string of the molecule is O=C(CCc1ccco1)Nc1nnc(SCc2cccs2)s1. The third kappa shape index (κ3) is 4.43. The Morgan fingerprint density at radius 3 is 3.05 bits per heavy atom. The minimum absolute atomic E-state index is 0.0812. The molecule has 0 aliphatic carbocycles. The molecule has 3 rings (SSSR count). The van der Waals surface area contributed by atoms with Gasteiger partial charge in [-0.2, -0.15) is 0 Å². The summed E-state index contributed by atoms with van der Waals surface area (Å²) in [6, 6.07) is 7.80. The van der Waals surface area contributed by atoms with Gasteiger partial charge >= 0.3 is 0 Å². The highest BCUT2D eigenvalue weighted by Crippen LogP contribution is 2.29. The van der Waals surface area contributed by atoms with E-state index in [1.165, 1.54) is 16.2 Å². The van der Waals surface area contributed by atoms with Gasteiger partial charge in [0, 0.05) is 23.5 Å². The van der Waals surface area contributed by atoms with Crippen molar-refractivity contribution in [3.8, 4) is 0 Å². The summed E-state index contributed by atoms with van der Waals surface area (Å²) in [5, 5.41) is 13.4. The molecule has 0 unspecified atom stereocenters. The molecule has 0 aromatic carbocycles. The lowest BCUT2D eigenvalue weighted by Crippen LogP contribution is -2.11. The maximum atomic E-state index is 11.8. The van der Waals surface area contributed by atoms with Crippen molar-refractivity contribution >= 4 is 45.5 Å². The number of hydrogen-bond donors (Lipinski definition) is 1. The molecule has 8 heteroatoms. The van der Waals surface area contributed by atoms with E-state index in [2.05, 4.69) is 27.0 Å². The van der Waals surface area contributed by atoms with Gasteiger partial charge < -0.3 is 9.73 Å². The molecule has 0 aliphatic heterocycles. The minimum Gasteiger partial charge on any atom is -0.469 e. The minimum atomic E-state index is -0.0812. The first-order chi connectivity index (χ1) is 10.8. The van der Waals surface area contributed by atoms with Crippen LogP contribution in [0, 0.1) is 0 Å². The predicted molar refractivity (Wildman–Crippen MR) is 89.4 cm³/mol. The average Bonchev–Trinajstić information content (AvgIpc) is 3.25. The van der Waals surface area contributed by atoms with Crippen LogP contribution in [0.15, 0.2) is 44.7 Å². The number of aromatic nitrogens is 2. The van der Waals surface area contributed by atoms with E-state index in [1.807, 2.05) is 18.2 Å². The molecule has 1 N–H and O–H groups in total. The lowest BCUT2D eigenvalue weighted by atomic mass is 10.2. The average molecular weight is 351 g/mol. The number of aryl methyl sites for hydroxylation is 1. The van der Waals surface area contributed by atoms with Crippen molar-refractivity contribution in [2.45, 2.75) is 22.9 Å². The molecule has 0 atom stereocenters. The molecule has 1 amide bonds. The highest BCUT2D eigenvalue weighted by molar-refractivity contribution is 8.00. The van der Waals surface area contributed by atoms with Crippen LogP contribution < -0.4 is 5.32 Å². The van der Waals surface area contributed by atoms with E-state index in [0.717, 1.165) is 15.9 Å². The highest BCUT2D eigenvalue weighted by Gasteiger charge is 2.10. The quantitative estimate of drug-likeness (QED) is 0.513. The van der Waals surface area contributed by atoms with Crippen molar-refractivity contribution in [1.82, 2.24) is 10.2 Å². The van der Waals surface area contributed by atoms with E-state index in [0.29, 0.717) is 18.0 Å². The molecule has 0 aliphatic rings. The molecule has 114 valence electrons. The summed E-state index contributed by atoms with van der Waals surface area (Å²) in [6.45, 7) is 0. The number of thiophene rings is 1. The second-order valence-electron chi connectivity index (χ2n) is 4.37. The van der Waals surface area contributed by atoms with E-state index >= 15 is 0 Å². The summed E-state index contributed by atoms with van der Waals surface area (Å²) < 4.78 is 6.05. The zero-order chi connectivity index (χ0) is 15.2. The molecule has 0 spiro atoms. The monoisotopic (exact) mass is 351 g/mol. The highest BCUT2D eigenvalue weighted by atomic mass is 32.2. The van der Waals surface area contributed by atoms with Crippen LogP contribution in [0.4, 0.5) is 5.13 Å². The number of amides is 1. The second kappa shape index (κ2) is 7.57. The van der Waals surface area contributed by atoms with Crippen LogP contribution in [0.5, 0.6) is 0 Å². The van der Waals surface area contributed by atoms with Crippen molar-refractivity contribution in [3.05, 3.63) is 46.5 Å². The van der Waals surface area contributed by atoms with Gasteiger partial charge in [0.25, 0.3) is 0 Å². The van der Waals surface area contributed by atoms with Crippen LogP contribution >= 0.6 is 34.4 Å². The number of hydrogen-bond acceptors (Lipinski definition) is 7. The van der Waals surface area contributed by atoms with Crippen LogP contribution in [0.1, 0.15) is 17.1 Å². The Bertz CT molecular complexity index is 708. The Kier molecular flexibility index (Phi) is 5.25. The fourth-order valence-electron chi connectivity index (χ4n) is 1.72. The molecule has 0 radical (unpaired) electrons. The van der Waals surface area contributed by atoms with E-state index < -0.39 is 0 Å². The molecular formula is C14H13N3O2S3. The third-order valence-electron chi connectivity index (χ3n) is 2.75. The Morgan fingerprint density at radius 2 is 2.27 bits per heavy atom. The molecule has 22 heavy (non-hydrogen) atoms. The van der Waals surface area contributed by atoms with E-state index in [1.54, 1.807) is 29.4 Å². The lowest BCUT2D eigenvalue weighted by Gasteiger charge is -1.99. The fourth-order valence-corrected chi connectivity index (χ4v) is 4.26. The van der Waals surface area contributed by atoms with E-state index in [-0.39, 0.29) is 5.91 Å². The number of anilines is 1. The van der Waals surface area contributed by atoms with Gasteiger partial charge in [0.05, 0.1) is 6.26 Å². The summed E-state index contributed by atoms with van der Waals surface area (Å²) in [7, 11) is 0. The maximum absolute atomic E-state index is 11.8. The maximum Gasteiger partial charge on any atom is 0.226 e. The molecular weight excluding hydrogens is 338 g/mol. The first-order valence-electron chi connectivity index (χ1n) is 6.60. The Labute approximate surface area is 139 Å². The molecule has 3 heterocycles. The number of nitrogens with one attached hydrogen (secondary N) is 1. The largest absolute Gasteiger partial charge is 0.469 e. The number of carbonyl (C=O) groups is 1. The summed E-state index contributed by atoms with van der Waals surface area (Å²) in [5.41, 5.74) is 0. The summed E-state index contributed by atoms with van der Waals surface area (Å²) in [4.78, 5) is 13.1. The number of rotatable bonds is 7. The van der Waals surface area contributed by atoms with Gasteiger partial charge in [0.1, 0.15) is 5.76 Å².